The van der Waals surface area contributed by atoms with Crippen LogP contribution in [0.2, 0.25) is 0 Å². The van der Waals surface area contributed by atoms with E-state index in [0.29, 0.717) is 5.92 Å². The van der Waals surface area contributed by atoms with Gasteiger partial charge in [0, 0.05) is 18.9 Å². The first-order chi connectivity index (χ1) is 7.36. The number of carbonyl (C=O) groups is 2. The number of nitrogens with one attached hydrogen (secondary N) is 1. The van der Waals surface area contributed by atoms with Gasteiger partial charge in [-0.25, -0.2) is 0 Å². The Kier molecular flexibility index (Phi) is 6.77. The molecule has 0 saturated carbocycles. The first kappa shape index (κ1) is 14.9. The predicted molar refractivity (Wildman–Crippen MR) is 63.1 cm³/mol. The lowest BCUT2D eigenvalue weighted by Crippen LogP contribution is -2.37. The molecule has 1 amide bonds. The van der Waals surface area contributed by atoms with Crippen LogP contribution >= 0.6 is 0 Å². The Bertz CT molecular complexity index is 240. The molecule has 0 radical (unpaired) electrons. The molecule has 94 valence electrons. The van der Waals surface area contributed by atoms with E-state index in [9.17, 15) is 9.59 Å². The van der Waals surface area contributed by atoms with Gasteiger partial charge in [0.25, 0.3) is 0 Å². The van der Waals surface area contributed by atoms with E-state index >= 15 is 0 Å². The molecule has 0 aromatic rings. The van der Waals surface area contributed by atoms with E-state index in [0.717, 1.165) is 6.42 Å². The Hall–Kier alpha value is -1.06. The van der Waals surface area contributed by atoms with Crippen molar-refractivity contribution in [3.8, 4) is 0 Å². The zero-order valence-corrected chi connectivity index (χ0v) is 10.6. The lowest BCUT2D eigenvalue weighted by molar-refractivity contribution is -0.138. The molecule has 4 nitrogen and oxygen atoms in total. The lowest BCUT2D eigenvalue weighted by atomic mass is 9.99. The maximum absolute atomic E-state index is 11.6. The molecule has 0 aliphatic rings. The number of rotatable bonds is 7. The van der Waals surface area contributed by atoms with Gasteiger partial charge in [0.15, 0.2) is 0 Å². The Labute approximate surface area is 97.4 Å². The number of hydrogen-bond donors (Lipinski definition) is 2. The Morgan fingerprint density at radius 3 is 2.19 bits per heavy atom. The molecule has 0 bridgehead atoms. The number of carboxylic acid groups (broad SMARTS) is 1. The molecule has 3 atom stereocenters. The minimum absolute atomic E-state index is 0.0468. The van der Waals surface area contributed by atoms with Gasteiger partial charge in [-0.2, -0.15) is 0 Å². The van der Waals surface area contributed by atoms with E-state index in [-0.39, 0.29) is 30.7 Å². The van der Waals surface area contributed by atoms with Gasteiger partial charge in [-0.3, -0.25) is 9.59 Å². The first-order valence-corrected chi connectivity index (χ1v) is 5.87. The van der Waals surface area contributed by atoms with Crippen molar-refractivity contribution >= 4 is 11.9 Å². The van der Waals surface area contributed by atoms with E-state index in [1.807, 2.05) is 6.92 Å². The molecule has 0 saturated heterocycles. The van der Waals surface area contributed by atoms with Crippen LogP contribution in [0, 0.1) is 11.8 Å². The fourth-order valence-corrected chi connectivity index (χ4v) is 1.50. The molecule has 0 heterocycles. The fourth-order valence-electron chi connectivity index (χ4n) is 1.50. The highest BCUT2D eigenvalue weighted by Gasteiger charge is 2.16. The maximum atomic E-state index is 11.6. The second-order valence-electron chi connectivity index (χ2n) is 4.65. The monoisotopic (exact) mass is 229 g/mol. The predicted octanol–water partition coefficient (Wildman–Crippen LogP) is 2.04. The third kappa shape index (κ3) is 6.43. The number of carbonyl (C=O) groups excluding carboxylic acids is 1. The van der Waals surface area contributed by atoms with Gasteiger partial charge < -0.3 is 10.4 Å². The summed E-state index contributed by atoms with van der Waals surface area (Å²) in [5.41, 5.74) is 0. The number of aliphatic carboxylic acids is 1. The third-order valence-electron chi connectivity index (χ3n) is 2.94. The van der Waals surface area contributed by atoms with Crippen molar-refractivity contribution in [2.24, 2.45) is 11.8 Å². The average molecular weight is 229 g/mol. The lowest BCUT2D eigenvalue weighted by Gasteiger charge is -2.20. The van der Waals surface area contributed by atoms with Crippen LogP contribution < -0.4 is 5.32 Å². The van der Waals surface area contributed by atoms with Gasteiger partial charge in [0.1, 0.15) is 0 Å². The number of carboxylic acids is 1. The fraction of sp³-hybridized carbons (Fsp3) is 0.833. The van der Waals surface area contributed by atoms with Crippen LogP contribution in [0.3, 0.4) is 0 Å². The van der Waals surface area contributed by atoms with Crippen LogP contribution in [0.15, 0.2) is 0 Å². The van der Waals surface area contributed by atoms with Crippen LogP contribution in [0.1, 0.15) is 47.0 Å². The summed E-state index contributed by atoms with van der Waals surface area (Å²) in [5, 5.41) is 11.5. The Morgan fingerprint density at radius 2 is 1.75 bits per heavy atom. The van der Waals surface area contributed by atoms with E-state index in [4.69, 9.17) is 5.11 Å². The van der Waals surface area contributed by atoms with Gasteiger partial charge in [-0.1, -0.05) is 27.2 Å². The second-order valence-corrected chi connectivity index (χ2v) is 4.65. The van der Waals surface area contributed by atoms with Crippen molar-refractivity contribution in [2.75, 3.05) is 0 Å². The molecular weight excluding hydrogens is 206 g/mol. The van der Waals surface area contributed by atoms with Gasteiger partial charge in [0.2, 0.25) is 5.91 Å². The summed E-state index contributed by atoms with van der Waals surface area (Å²) in [6, 6.07) is 0.148. The first-order valence-electron chi connectivity index (χ1n) is 5.87. The molecule has 4 heteroatoms. The van der Waals surface area contributed by atoms with Gasteiger partial charge in [-0.15, -0.1) is 0 Å². The Morgan fingerprint density at radius 1 is 1.19 bits per heavy atom. The summed E-state index contributed by atoms with van der Waals surface area (Å²) in [6.45, 7) is 7.93. The van der Waals surface area contributed by atoms with Crippen molar-refractivity contribution in [2.45, 2.75) is 53.0 Å². The summed E-state index contributed by atoms with van der Waals surface area (Å²) in [4.78, 5) is 22.0. The molecule has 0 rings (SSSR count). The molecule has 0 aromatic carbocycles. The molecule has 2 N–H and O–H groups in total. The van der Waals surface area contributed by atoms with Crippen LogP contribution in [0.5, 0.6) is 0 Å². The highest BCUT2D eigenvalue weighted by molar-refractivity contribution is 5.77. The average Bonchev–Trinajstić information content (AvgIpc) is 2.14. The van der Waals surface area contributed by atoms with Crippen LogP contribution in [0.25, 0.3) is 0 Å². The molecule has 0 aromatic heterocycles. The van der Waals surface area contributed by atoms with Crippen molar-refractivity contribution in [1.29, 1.82) is 0 Å². The van der Waals surface area contributed by atoms with Crippen LogP contribution in [0.4, 0.5) is 0 Å². The topological polar surface area (TPSA) is 66.4 Å². The summed E-state index contributed by atoms with van der Waals surface area (Å²) < 4.78 is 0. The molecule has 16 heavy (non-hydrogen) atoms. The van der Waals surface area contributed by atoms with Gasteiger partial charge >= 0.3 is 5.97 Å². The van der Waals surface area contributed by atoms with Crippen LogP contribution in [-0.4, -0.2) is 23.0 Å². The number of amides is 1. The maximum Gasteiger partial charge on any atom is 0.303 e. The molecule has 0 aliphatic heterocycles. The molecule has 0 aliphatic carbocycles. The number of hydrogen-bond acceptors (Lipinski definition) is 2. The molecule has 3 unspecified atom stereocenters. The SMILES string of the molecule is CCC(C)C(C)NC(=O)CC(C)CC(=O)O. The summed E-state index contributed by atoms with van der Waals surface area (Å²) in [5.74, 6) is -0.572. The van der Waals surface area contributed by atoms with E-state index < -0.39 is 5.97 Å². The van der Waals surface area contributed by atoms with Gasteiger partial charge in [-0.05, 0) is 18.8 Å². The zero-order valence-electron chi connectivity index (χ0n) is 10.6. The van der Waals surface area contributed by atoms with E-state index in [1.54, 1.807) is 6.92 Å². The molecular formula is C12H23NO3. The minimum atomic E-state index is -0.852. The van der Waals surface area contributed by atoms with Crippen molar-refractivity contribution in [3.05, 3.63) is 0 Å². The molecule has 0 fully saturated rings. The highest BCUT2D eigenvalue weighted by atomic mass is 16.4. The van der Waals surface area contributed by atoms with Crippen molar-refractivity contribution < 1.29 is 14.7 Å². The molecule has 0 spiro atoms. The summed E-state index contributed by atoms with van der Waals surface area (Å²) in [7, 11) is 0. The van der Waals surface area contributed by atoms with E-state index in [1.165, 1.54) is 0 Å². The smallest absolute Gasteiger partial charge is 0.303 e. The van der Waals surface area contributed by atoms with Crippen molar-refractivity contribution in [3.63, 3.8) is 0 Å². The normalized spacial score (nSPS) is 16.2. The third-order valence-corrected chi connectivity index (χ3v) is 2.94. The second kappa shape index (κ2) is 7.25. The van der Waals surface area contributed by atoms with E-state index in [2.05, 4.69) is 19.2 Å². The quantitative estimate of drug-likeness (QED) is 0.702. The largest absolute Gasteiger partial charge is 0.481 e. The standard InChI is InChI=1S/C12H23NO3/c1-5-9(3)10(4)13-11(14)6-8(2)7-12(15)16/h8-10H,5-7H2,1-4H3,(H,13,14)(H,15,16). The van der Waals surface area contributed by atoms with Gasteiger partial charge in [0.05, 0.1) is 0 Å². The minimum Gasteiger partial charge on any atom is -0.481 e. The highest BCUT2D eigenvalue weighted by Crippen LogP contribution is 2.10. The summed E-state index contributed by atoms with van der Waals surface area (Å²) >= 11 is 0. The Balaban J connectivity index is 3.94. The zero-order chi connectivity index (χ0) is 12.7. The van der Waals surface area contributed by atoms with Crippen molar-refractivity contribution in [1.82, 2.24) is 5.32 Å². The van der Waals surface area contributed by atoms with Crippen LogP contribution in [-0.2, 0) is 9.59 Å². The summed E-state index contributed by atoms with van der Waals surface area (Å²) in [6.07, 6.45) is 1.35.